The van der Waals surface area contributed by atoms with E-state index in [-0.39, 0.29) is 10.6 Å². The summed E-state index contributed by atoms with van der Waals surface area (Å²) in [6.45, 7) is 0. The van der Waals surface area contributed by atoms with E-state index < -0.39 is 39.5 Å². The molecule has 0 saturated heterocycles. The van der Waals surface area contributed by atoms with Gasteiger partial charge < -0.3 is 5.32 Å². The molecule has 6 nitrogen and oxygen atoms in total. The van der Waals surface area contributed by atoms with Gasteiger partial charge >= 0.3 is 6.18 Å². The highest BCUT2D eigenvalue weighted by Crippen LogP contribution is 2.34. The number of halogens is 4. The van der Waals surface area contributed by atoms with Crippen molar-refractivity contribution in [1.82, 2.24) is 0 Å². The third-order valence-corrected chi connectivity index (χ3v) is 3.64. The number of hydrogen-bond acceptors (Lipinski definition) is 4. The van der Waals surface area contributed by atoms with E-state index in [9.17, 15) is 28.1 Å². The highest BCUT2D eigenvalue weighted by atomic mass is 35.5. The Labute approximate surface area is 155 Å². The van der Waals surface area contributed by atoms with E-state index in [1.54, 1.807) is 6.07 Å². The Hall–Kier alpha value is -3.38. The number of nitriles is 1. The third-order valence-electron chi connectivity index (χ3n) is 3.32. The molecule has 2 aromatic carbocycles. The van der Waals surface area contributed by atoms with Crippen molar-refractivity contribution in [3.05, 3.63) is 74.3 Å². The smallest absolute Gasteiger partial charge is 0.321 e. The van der Waals surface area contributed by atoms with Gasteiger partial charge in [-0.2, -0.15) is 18.4 Å². The molecule has 0 bridgehead atoms. The Morgan fingerprint density at radius 2 is 1.93 bits per heavy atom. The Balaban J connectivity index is 2.36. The molecular formula is C17H9ClF3N3O3. The van der Waals surface area contributed by atoms with Crippen LogP contribution in [0, 0.1) is 21.4 Å². The average molecular weight is 396 g/mol. The zero-order valence-corrected chi connectivity index (χ0v) is 14.0. The normalized spacial score (nSPS) is 11.6. The Morgan fingerprint density at radius 1 is 1.26 bits per heavy atom. The summed E-state index contributed by atoms with van der Waals surface area (Å²) in [7, 11) is 0. The quantitative estimate of drug-likeness (QED) is 0.347. The number of nitrogens with one attached hydrogen (secondary N) is 1. The summed E-state index contributed by atoms with van der Waals surface area (Å²) >= 11 is 5.68. The molecule has 0 fully saturated rings. The van der Waals surface area contributed by atoms with Gasteiger partial charge in [-0.15, -0.1) is 0 Å². The van der Waals surface area contributed by atoms with Crippen molar-refractivity contribution < 1.29 is 22.9 Å². The van der Waals surface area contributed by atoms with Crippen LogP contribution in [-0.4, -0.2) is 10.8 Å². The van der Waals surface area contributed by atoms with E-state index in [4.69, 9.17) is 16.9 Å². The minimum atomic E-state index is -4.70. The predicted molar refractivity (Wildman–Crippen MR) is 91.8 cm³/mol. The first-order valence-electron chi connectivity index (χ1n) is 7.17. The van der Waals surface area contributed by atoms with Crippen molar-refractivity contribution >= 4 is 35.0 Å². The predicted octanol–water partition coefficient (Wildman–Crippen LogP) is 4.81. The van der Waals surface area contributed by atoms with Crippen LogP contribution in [0.2, 0.25) is 5.02 Å². The first-order valence-corrected chi connectivity index (χ1v) is 7.54. The lowest BCUT2D eigenvalue weighted by molar-refractivity contribution is -0.384. The lowest BCUT2D eigenvalue weighted by atomic mass is 10.1. The number of benzene rings is 2. The molecule has 27 heavy (non-hydrogen) atoms. The van der Waals surface area contributed by atoms with Crippen LogP contribution in [0.1, 0.15) is 11.1 Å². The van der Waals surface area contributed by atoms with Crippen LogP contribution in [0.15, 0.2) is 48.0 Å². The number of amides is 1. The Bertz CT molecular complexity index is 981. The molecule has 0 aliphatic heterocycles. The largest absolute Gasteiger partial charge is 0.418 e. The topological polar surface area (TPSA) is 96.0 Å². The summed E-state index contributed by atoms with van der Waals surface area (Å²) in [5, 5.41) is 21.9. The maximum absolute atomic E-state index is 13.0. The van der Waals surface area contributed by atoms with Gasteiger partial charge in [-0.3, -0.25) is 14.9 Å². The molecule has 1 amide bonds. The summed E-state index contributed by atoms with van der Waals surface area (Å²) < 4.78 is 38.9. The van der Waals surface area contributed by atoms with E-state index in [0.29, 0.717) is 0 Å². The molecule has 1 N–H and O–H groups in total. The number of hydrogen-bond donors (Lipinski definition) is 1. The van der Waals surface area contributed by atoms with E-state index >= 15 is 0 Å². The fourth-order valence-electron chi connectivity index (χ4n) is 2.10. The number of para-hydroxylation sites is 1. The first kappa shape index (κ1) is 19.9. The molecule has 0 aromatic heterocycles. The van der Waals surface area contributed by atoms with Gasteiger partial charge in [-0.1, -0.05) is 29.8 Å². The van der Waals surface area contributed by atoms with Crippen LogP contribution < -0.4 is 5.32 Å². The van der Waals surface area contributed by atoms with Crippen molar-refractivity contribution in [2.24, 2.45) is 0 Å². The zero-order chi connectivity index (χ0) is 20.2. The van der Waals surface area contributed by atoms with Crippen molar-refractivity contribution in [3.8, 4) is 6.07 Å². The summed E-state index contributed by atoms with van der Waals surface area (Å²) in [6, 6.07) is 9.41. The molecule has 0 unspecified atom stereocenters. The molecule has 2 aromatic rings. The molecular weight excluding hydrogens is 387 g/mol. The number of carbonyl (C=O) groups is 1. The molecule has 2 rings (SSSR count). The molecule has 0 saturated carbocycles. The summed E-state index contributed by atoms with van der Waals surface area (Å²) in [4.78, 5) is 22.3. The molecule has 10 heteroatoms. The van der Waals surface area contributed by atoms with Gasteiger partial charge in [0.1, 0.15) is 16.7 Å². The molecule has 0 heterocycles. The van der Waals surface area contributed by atoms with Gasteiger partial charge in [0.2, 0.25) is 0 Å². The Morgan fingerprint density at radius 3 is 2.52 bits per heavy atom. The van der Waals surface area contributed by atoms with Crippen LogP contribution in [0.4, 0.5) is 24.5 Å². The second kappa shape index (κ2) is 7.88. The van der Waals surface area contributed by atoms with Crippen LogP contribution in [0.25, 0.3) is 6.08 Å². The maximum atomic E-state index is 13.0. The van der Waals surface area contributed by atoms with Crippen LogP contribution in [0.5, 0.6) is 0 Å². The second-order valence-electron chi connectivity index (χ2n) is 5.14. The SMILES string of the molecule is N#C/C(=C\c1ccc(Cl)c([N+](=O)[O-])c1)C(=O)Nc1ccccc1C(F)(F)F. The van der Waals surface area contributed by atoms with Gasteiger partial charge in [0.25, 0.3) is 11.6 Å². The van der Waals surface area contributed by atoms with Crippen LogP contribution in [-0.2, 0) is 11.0 Å². The van der Waals surface area contributed by atoms with Crippen molar-refractivity contribution in [1.29, 1.82) is 5.26 Å². The molecule has 0 spiro atoms. The minimum Gasteiger partial charge on any atom is -0.321 e. The van der Waals surface area contributed by atoms with E-state index in [0.717, 1.165) is 30.3 Å². The molecule has 0 atom stereocenters. The van der Waals surface area contributed by atoms with Gasteiger partial charge in [-0.05, 0) is 29.8 Å². The first-order chi connectivity index (χ1) is 12.6. The number of alkyl halides is 3. The maximum Gasteiger partial charge on any atom is 0.418 e. The second-order valence-corrected chi connectivity index (χ2v) is 5.54. The Kier molecular flexibility index (Phi) is 5.82. The van der Waals surface area contributed by atoms with Crippen molar-refractivity contribution in [2.45, 2.75) is 6.18 Å². The fraction of sp³-hybridized carbons (Fsp3) is 0.0588. The summed E-state index contributed by atoms with van der Waals surface area (Å²) in [5.74, 6) is -1.09. The summed E-state index contributed by atoms with van der Waals surface area (Å²) in [5.41, 5.74) is -2.45. The minimum absolute atomic E-state index is 0.113. The molecule has 0 aliphatic carbocycles. The third kappa shape index (κ3) is 4.83. The van der Waals surface area contributed by atoms with Crippen LogP contribution >= 0.6 is 11.6 Å². The number of nitrogens with zero attached hydrogens (tertiary/aromatic N) is 2. The highest BCUT2D eigenvalue weighted by Gasteiger charge is 2.33. The lowest BCUT2D eigenvalue weighted by Crippen LogP contribution is -2.17. The van der Waals surface area contributed by atoms with Crippen molar-refractivity contribution in [2.75, 3.05) is 5.32 Å². The molecule has 0 aliphatic rings. The monoisotopic (exact) mass is 395 g/mol. The average Bonchev–Trinajstić information content (AvgIpc) is 2.60. The molecule has 0 radical (unpaired) electrons. The number of rotatable bonds is 4. The standard InChI is InChI=1S/C17H9ClF3N3O3/c18-13-6-5-10(8-15(13)24(26)27)7-11(9-22)16(25)23-14-4-2-1-3-12(14)17(19,20)21/h1-8H,(H,23,25)/b11-7+. The van der Waals surface area contributed by atoms with E-state index in [2.05, 4.69) is 0 Å². The summed E-state index contributed by atoms with van der Waals surface area (Å²) in [6.07, 6.45) is -3.69. The van der Waals surface area contributed by atoms with Crippen molar-refractivity contribution in [3.63, 3.8) is 0 Å². The van der Waals surface area contributed by atoms with E-state index in [1.165, 1.54) is 18.2 Å². The van der Waals surface area contributed by atoms with Gasteiger partial charge in [0.15, 0.2) is 0 Å². The van der Waals surface area contributed by atoms with E-state index in [1.807, 2.05) is 5.32 Å². The van der Waals surface area contributed by atoms with Gasteiger partial charge in [0, 0.05) is 6.07 Å². The molecule has 138 valence electrons. The zero-order valence-electron chi connectivity index (χ0n) is 13.2. The van der Waals surface area contributed by atoms with Gasteiger partial charge in [-0.25, -0.2) is 0 Å². The number of carbonyl (C=O) groups excluding carboxylic acids is 1. The lowest BCUT2D eigenvalue weighted by Gasteiger charge is -2.13. The number of nitro benzene ring substituents is 1. The number of nitro groups is 1. The van der Waals surface area contributed by atoms with Gasteiger partial charge in [0.05, 0.1) is 16.2 Å². The fourth-order valence-corrected chi connectivity index (χ4v) is 2.29. The van der Waals surface area contributed by atoms with Crippen LogP contribution in [0.3, 0.4) is 0 Å². The highest BCUT2D eigenvalue weighted by molar-refractivity contribution is 6.32. The number of anilines is 1.